The number of amides is 4. The van der Waals surface area contributed by atoms with Crippen molar-refractivity contribution in [3.63, 3.8) is 0 Å². The number of Topliss-reactive ketones (excluding diaryl/α,β-unsaturated/α-hetero) is 1. The Hall–Kier alpha value is -5.56. The topological polar surface area (TPSA) is 166 Å². The number of benzene rings is 3. The number of hydrogen-bond donors (Lipinski definition) is 4. The smallest absolute Gasteiger partial charge is 0.405 e. The summed E-state index contributed by atoms with van der Waals surface area (Å²) >= 11 is 6.12. The third-order valence-electron chi connectivity index (χ3n) is 7.49. The lowest BCUT2D eigenvalue weighted by atomic mass is 9.94. The minimum atomic E-state index is -5.05. The van der Waals surface area contributed by atoms with E-state index in [1.807, 2.05) is 6.07 Å². The Bertz CT molecular complexity index is 1830. The second-order valence-corrected chi connectivity index (χ2v) is 12.2. The Labute approximate surface area is 299 Å². The quantitative estimate of drug-likeness (QED) is 0.132. The van der Waals surface area contributed by atoms with Crippen LogP contribution >= 0.6 is 11.6 Å². The van der Waals surface area contributed by atoms with Gasteiger partial charge >= 0.3 is 12.1 Å². The molecule has 0 aliphatic heterocycles. The number of hydrogen-bond acceptors (Lipinski definition) is 7. The number of carbonyl (C=O) groups excluding carboxylic acids is 5. The highest BCUT2D eigenvalue weighted by atomic mass is 35.5. The van der Waals surface area contributed by atoms with Gasteiger partial charge in [0.15, 0.2) is 0 Å². The minimum absolute atomic E-state index is 0.0332. The first kappa shape index (κ1) is 40.9. The number of ketones is 1. The Morgan fingerprint density at radius 1 is 0.865 bits per heavy atom. The highest BCUT2D eigenvalue weighted by Gasteiger charge is 2.52. The van der Waals surface area contributed by atoms with Gasteiger partial charge in [0, 0.05) is 17.0 Å². The molecule has 0 radical (unpaired) electrons. The van der Waals surface area contributed by atoms with Crippen molar-refractivity contribution in [2.24, 2.45) is 5.92 Å². The third-order valence-corrected chi connectivity index (χ3v) is 7.73. The second kappa shape index (κ2) is 17.6. The molecule has 2 unspecified atom stereocenters. The van der Waals surface area contributed by atoms with Crippen molar-refractivity contribution in [3.8, 4) is 11.8 Å². The van der Waals surface area contributed by atoms with Gasteiger partial charge in [-0.1, -0.05) is 55.8 Å². The van der Waals surface area contributed by atoms with Crippen LogP contribution in [0.25, 0.3) is 0 Å². The molecular formula is C35H33ClF5N5O6. The molecule has 276 valence electrons. The Morgan fingerprint density at radius 3 is 2.10 bits per heavy atom. The highest BCUT2D eigenvalue weighted by Crippen LogP contribution is 2.24. The summed E-state index contributed by atoms with van der Waals surface area (Å²) in [5.41, 5.74) is 0.745. The first-order chi connectivity index (χ1) is 24.4. The number of halogens is 6. The van der Waals surface area contributed by atoms with E-state index in [4.69, 9.17) is 16.3 Å². The predicted octanol–water partition coefficient (Wildman–Crippen LogP) is 4.44. The number of nitriles is 1. The SMILES string of the molecule is COc1ccc(C(NC(=O)C(Cc2cccc(Cl)c2)NC(=O)c2cccc(C#N)c2)C(=O)N[C@H](C(=O)C(F)(F)C(=O)NCC(F)(F)F)C(C)C)cc1. The van der Waals surface area contributed by atoms with Gasteiger partial charge in [-0.15, -0.1) is 0 Å². The van der Waals surface area contributed by atoms with Crippen LogP contribution in [0.15, 0.2) is 72.8 Å². The molecule has 0 heterocycles. The Balaban J connectivity index is 1.98. The minimum Gasteiger partial charge on any atom is -0.497 e. The van der Waals surface area contributed by atoms with Crippen LogP contribution < -0.4 is 26.0 Å². The molecule has 0 aliphatic carbocycles. The summed E-state index contributed by atoms with van der Waals surface area (Å²) in [6.45, 7) is 0.354. The van der Waals surface area contributed by atoms with Crippen molar-refractivity contribution in [1.29, 1.82) is 5.26 Å². The number of ether oxygens (including phenoxy) is 1. The van der Waals surface area contributed by atoms with Gasteiger partial charge in [0.1, 0.15) is 24.4 Å². The van der Waals surface area contributed by atoms with Crippen LogP contribution in [0, 0.1) is 17.2 Å². The number of carbonyl (C=O) groups is 5. The molecule has 17 heteroatoms. The maximum atomic E-state index is 14.9. The molecule has 52 heavy (non-hydrogen) atoms. The fourth-order valence-electron chi connectivity index (χ4n) is 4.79. The zero-order valence-corrected chi connectivity index (χ0v) is 28.6. The summed E-state index contributed by atoms with van der Waals surface area (Å²) in [6.07, 6.45) is -5.21. The van der Waals surface area contributed by atoms with E-state index >= 15 is 0 Å². The van der Waals surface area contributed by atoms with E-state index in [2.05, 4.69) is 16.0 Å². The molecule has 0 aliphatic rings. The van der Waals surface area contributed by atoms with Gasteiger partial charge in [0.25, 0.3) is 11.8 Å². The fourth-order valence-corrected chi connectivity index (χ4v) is 5.00. The summed E-state index contributed by atoms with van der Waals surface area (Å²) in [5.74, 6) is -13.4. The highest BCUT2D eigenvalue weighted by molar-refractivity contribution is 6.30. The molecule has 0 aromatic heterocycles. The van der Waals surface area contributed by atoms with Gasteiger partial charge in [-0.2, -0.15) is 27.2 Å². The van der Waals surface area contributed by atoms with E-state index in [9.17, 15) is 51.2 Å². The zero-order chi connectivity index (χ0) is 38.8. The molecule has 4 N–H and O–H groups in total. The van der Waals surface area contributed by atoms with Gasteiger partial charge in [-0.3, -0.25) is 24.0 Å². The van der Waals surface area contributed by atoms with Crippen LogP contribution in [0.2, 0.25) is 5.02 Å². The van der Waals surface area contributed by atoms with E-state index in [1.54, 1.807) is 18.2 Å². The molecule has 3 rings (SSSR count). The van der Waals surface area contributed by atoms with E-state index < -0.39 is 72.1 Å². The second-order valence-electron chi connectivity index (χ2n) is 11.7. The molecule has 3 atom stereocenters. The number of rotatable bonds is 15. The maximum Gasteiger partial charge on any atom is 0.405 e. The summed E-state index contributed by atoms with van der Waals surface area (Å²) < 4.78 is 72.6. The number of nitrogens with one attached hydrogen (secondary N) is 4. The van der Waals surface area contributed by atoms with E-state index in [-0.39, 0.29) is 23.1 Å². The lowest BCUT2D eigenvalue weighted by Crippen LogP contribution is -2.58. The monoisotopic (exact) mass is 749 g/mol. The summed E-state index contributed by atoms with van der Waals surface area (Å²) in [4.78, 5) is 65.9. The average molecular weight is 750 g/mol. The number of methoxy groups -OCH3 is 1. The van der Waals surface area contributed by atoms with Gasteiger partial charge in [0.2, 0.25) is 17.6 Å². The lowest BCUT2D eigenvalue weighted by molar-refractivity contribution is -0.165. The van der Waals surface area contributed by atoms with Crippen molar-refractivity contribution in [2.45, 2.75) is 50.5 Å². The van der Waals surface area contributed by atoms with Crippen molar-refractivity contribution >= 4 is 41.0 Å². The van der Waals surface area contributed by atoms with Crippen molar-refractivity contribution in [3.05, 3.63) is 100 Å². The molecule has 3 aromatic rings. The average Bonchev–Trinajstić information content (AvgIpc) is 3.10. The van der Waals surface area contributed by atoms with Crippen LogP contribution in [0.1, 0.15) is 46.9 Å². The van der Waals surface area contributed by atoms with Gasteiger partial charge in [-0.25, -0.2) is 0 Å². The molecular weight excluding hydrogens is 717 g/mol. The first-order valence-corrected chi connectivity index (χ1v) is 15.8. The van der Waals surface area contributed by atoms with Crippen LogP contribution in [0.5, 0.6) is 5.75 Å². The molecule has 0 saturated carbocycles. The molecule has 0 spiro atoms. The molecule has 4 amide bonds. The van der Waals surface area contributed by atoms with E-state index in [1.165, 1.54) is 75.6 Å². The van der Waals surface area contributed by atoms with Crippen molar-refractivity contribution in [2.75, 3.05) is 13.7 Å². The van der Waals surface area contributed by atoms with Crippen LogP contribution in [-0.4, -0.2) is 67.2 Å². The standard InChI is InChI=1S/C35H33ClF5N5O6/c1-19(2)27(29(47)35(40,41)33(51)43-18-34(37,38)39)45-32(50)28(22-10-12-25(52-3)13-11-22)46-31(49)26(16-20-6-5-9-24(36)15-20)44-30(48)23-8-4-7-21(14-23)17-42/h4-15,19,26-28H,16,18H2,1-3H3,(H,43,51)(H,44,48)(H,45,50)(H,46,49)/t26?,27-,28?/m0/s1. The molecule has 0 saturated heterocycles. The lowest BCUT2D eigenvalue weighted by Gasteiger charge is -2.28. The van der Waals surface area contributed by atoms with Gasteiger partial charge in [0.05, 0.1) is 24.8 Å². The zero-order valence-electron chi connectivity index (χ0n) is 27.8. The fraction of sp³-hybridized carbons (Fsp3) is 0.314. The van der Waals surface area contributed by atoms with Crippen molar-refractivity contribution in [1.82, 2.24) is 21.3 Å². The normalized spacial score (nSPS) is 13.2. The largest absolute Gasteiger partial charge is 0.497 e. The molecule has 3 aromatic carbocycles. The van der Waals surface area contributed by atoms with Gasteiger partial charge in [-0.05, 0) is 59.5 Å². The maximum absolute atomic E-state index is 14.9. The Kier molecular flexibility index (Phi) is 13.8. The van der Waals surface area contributed by atoms with Crippen LogP contribution in [-0.2, 0) is 25.6 Å². The van der Waals surface area contributed by atoms with E-state index in [0.717, 1.165) is 5.32 Å². The van der Waals surface area contributed by atoms with Crippen LogP contribution in [0.4, 0.5) is 22.0 Å². The third kappa shape index (κ3) is 11.2. The predicted molar refractivity (Wildman–Crippen MR) is 177 cm³/mol. The number of nitrogens with zero attached hydrogens (tertiary/aromatic N) is 1. The molecule has 0 bridgehead atoms. The first-order valence-electron chi connectivity index (χ1n) is 15.4. The summed E-state index contributed by atoms with van der Waals surface area (Å²) in [6, 6.07) is 14.1. The number of alkyl halides is 5. The van der Waals surface area contributed by atoms with Crippen molar-refractivity contribution < 1.29 is 50.7 Å². The van der Waals surface area contributed by atoms with Gasteiger partial charge < -0.3 is 26.0 Å². The van der Waals surface area contributed by atoms with E-state index in [0.29, 0.717) is 16.3 Å². The van der Waals surface area contributed by atoms with Crippen LogP contribution in [0.3, 0.4) is 0 Å². The summed E-state index contributed by atoms with van der Waals surface area (Å²) in [7, 11) is 1.36. The molecule has 0 fully saturated rings. The Morgan fingerprint density at radius 2 is 1.52 bits per heavy atom. The molecule has 11 nitrogen and oxygen atoms in total. The summed E-state index contributed by atoms with van der Waals surface area (Å²) in [5, 5.41) is 17.7.